The molecule has 0 radical (unpaired) electrons. The van der Waals surface area contributed by atoms with Crippen LogP contribution in [0.2, 0.25) is 5.02 Å². The summed E-state index contributed by atoms with van der Waals surface area (Å²) in [4.78, 5) is 7.63. The first-order chi connectivity index (χ1) is 7.81. The number of H-pyrrole nitrogens is 1. The molecule has 2 N–H and O–H groups in total. The molecule has 0 amide bonds. The second-order valence-electron chi connectivity index (χ2n) is 3.49. The summed E-state index contributed by atoms with van der Waals surface area (Å²) in [7, 11) is 1.68. The smallest absolute Gasteiger partial charge is 0.121 e. The van der Waals surface area contributed by atoms with Crippen LogP contribution in [-0.2, 0) is 11.3 Å². The van der Waals surface area contributed by atoms with Crippen molar-refractivity contribution in [2.45, 2.75) is 6.54 Å². The van der Waals surface area contributed by atoms with Gasteiger partial charge in [-0.15, -0.1) is 24.8 Å². The van der Waals surface area contributed by atoms with E-state index in [0.717, 1.165) is 23.4 Å². The molecule has 102 valence electrons. The lowest BCUT2D eigenvalue weighted by Crippen LogP contribution is -2.19. The summed E-state index contributed by atoms with van der Waals surface area (Å²) in [6.07, 6.45) is 0. The molecule has 0 spiro atoms. The number of benzene rings is 1. The number of para-hydroxylation sites is 1. The summed E-state index contributed by atoms with van der Waals surface area (Å²) < 4.78 is 4.94. The van der Waals surface area contributed by atoms with Gasteiger partial charge in [0.2, 0.25) is 0 Å². The highest BCUT2D eigenvalue weighted by Crippen LogP contribution is 2.20. The lowest BCUT2D eigenvalue weighted by Gasteiger charge is -2.00. The minimum Gasteiger partial charge on any atom is -0.383 e. The van der Waals surface area contributed by atoms with Crippen LogP contribution in [0.3, 0.4) is 0 Å². The Kier molecular flexibility index (Phi) is 8.31. The number of fused-ring (bicyclic) bond motifs is 1. The Morgan fingerprint density at radius 3 is 2.83 bits per heavy atom. The molecule has 2 aromatic rings. The van der Waals surface area contributed by atoms with Crippen LogP contribution in [0.15, 0.2) is 18.2 Å². The van der Waals surface area contributed by atoms with Crippen molar-refractivity contribution in [2.75, 3.05) is 20.3 Å². The lowest BCUT2D eigenvalue weighted by molar-refractivity contribution is 0.199. The van der Waals surface area contributed by atoms with Crippen molar-refractivity contribution >= 4 is 47.4 Å². The topological polar surface area (TPSA) is 49.9 Å². The average Bonchev–Trinajstić information content (AvgIpc) is 2.69. The first-order valence-corrected chi connectivity index (χ1v) is 5.52. The van der Waals surface area contributed by atoms with E-state index in [1.54, 1.807) is 7.11 Å². The molecular weight excluding hydrogens is 296 g/mol. The Bertz CT molecular complexity index is 476. The van der Waals surface area contributed by atoms with E-state index in [0.29, 0.717) is 18.2 Å². The fourth-order valence-electron chi connectivity index (χ4n) is 1.51. The number of hydrogen-bond donors (Lipinski definition) is 2. The van der Waals surface area contributed by atoms with Crippen LogP contribution in [0.4, 0.5) is 0 Å². The molecule has 0 aliphatic carbocycles. The number of nitrogens with one attached hydrogen (secondary N) is 2. The fraction of sp³-hybridized carbons (Fsp3) is 0.364. The van der Waals surface area contributed by atoms with E-state index in [9.17, 15) is 0 Å². The van der Waals surface area contributed by atoms with Gasteiger partial charge in [0.1, 0.15) is 11.3 Å². The van der Waals surface area contributed by atoms with Gasteiger partial charge < -0.3 is 15.0 Å². The van der Waals surface area contributed by atoms with Gasteiger partial charge >= 0.3 is 0 Å². The van der Waals surface area contributed by atoms with Crippen LogP contribution in [-0.4, -0.2) is 30.2 Å². The normalized spacial score (nSPS) is 9.89. The first-order valence-electron chi connectivity index (χ1n) is 5.14. The number of aromatic amines is 1. The summed E-state index contributed by atoms with van der Waals surface area (Å²) in [5.41, 5.74) is 1.80. The molecule has 0 aliphatic rings. The molecule has 0 aliphatic heterocycles. The molecule has 0 bridgehead atoms. The Labute approximate surface area is 123 Å². The van der Waals surface area contributed by atoms with Crippen LogP contribution in [0.25, 0.3) is 11.0 Å². The highest BCUT2D eigenvalue weighted by Gasteiger charge is 2.04. The van der Waals surface area contributed by atoms with Gasteiger partial charge in [-0.2, -0.15) is 0 Å². The van der Waals surface area contributed by atoms with Crippen molar-refractivity contribution in [1.29, 1.82) is 0 Å². The van der Waals surface area contributed by atoms with Crippen molar-refractivity contribution in [3.63, 3.8) is 0 Å². The van der Waals surface area contributed by atoms with Gasteiger partial charge in [0.25, 0.3) is 0 Å². The number of nitrogens with zero attached hydrogens (tertiary/aromatic N) is 1. The number of methoxy groups -OCH3 is 1. The van der Waals surface area contributed by atoms with E-state index < -0.39 is 0 Å². The van der Waals surface area contributed by atoms with Gasteiger partial charge in [0.05, 0.1) is 23.7 Å². The van der Waals surface area contributed by atoms with Crippen LogP contribution in [0.1, 0.15) is 5.82 Å². The van der Waals surface area contributed by atoms with Crippen molar-refractivity contribution in [3.8, 4) is 0 Å². The Morgan fingerprint density at radius 2 is 2.17 bits per heavy atom. The number of halogens is 3. The van der Waals surface area contributed by atoms with Crippen molar-refractivity contribution < 1.29 is 4.74 Å². The molecule has 1 aromatic carbocycles. The quantitative estimate of drug-likeness (QED) is 0.835. The van der Waals surface area contributed by atoms with E-state index in [2.05, 4.69) is 15.3 Å². The van der Waals surface area contributed by atoms with Gasteiger partial charge in [-0.3, -0.25) is 0 Å². The zero-order valence-corrected chi connectivity index (χ0v) is 12.3. The maximum Gasteiger partial charge on any atom is 0.121 e. The maximum atomic E-state index is 6.03. The summed E-state index contributed by atoms with van der Waals surface area (Å²) >= 11 is 6.03. The summed E-state index contributed by atoms with van der Waals surface area (Å²) in [6.45, 7) is 2.19. The molecule has 0 saturated carbocycles. The van der Waals surface area contributed by atoms with Crippen LogP contribution in [0.5, 0.6) is 0 Å². The molecule has 2 rings (SSSR count). The first kappa shape index (κ1) is 17.5. The van der Waals surface area contributed by atoms with Crippen molar-refractivity contribution in [3.05, 3.63) is 29.0 Å². The Balaban J connectivity index is 0.00000144. The summed E-state index contributed by atoms with van der Waals surface area (Å²) in [6, 6.07) is 5.71. The second-order valence-corrected chi connectivity index (χ2v) is 3.90. The monoisotopic (exact) mass is 311 g/mol. The Hall–Kier alpha value is -0.520. The van der Waals surface area contributed by atoms with Gasteiger partial charge in [0, 0.05) is 13.7 Å². The summed E-state index contributed by atoms with van der Waals surface area (Å²) in [5.74, 6) is 0.888. The highest BCUT2D eigenvalue weighted by atomic mass is 35.5. The van der Waals surface area contributed by atoms with Gasteiger partial charge in [-0.05, 0) is 12.1 Å². The van der Waals surface area contributed by atoms with Crippen LogP contribution < -0.4 is 5.32 Å². The maximum absolute atomic E-state index is 6.03. The molecule has 1 heterocycles. The van der Waals surface area contributed by atoms with Crippen LogP contribution >= 0.6 is 36.4 Å². The number of imidazole rings is 1. The SMILES string of the molecule is COCCNCc1nc2c(Cl)cccc2[nH]1.Cl.Cl. The third-order valence-corrected chi connectivity index (χ3v) is 2.59. The van der Waals surface area contributed by atoms with Crippen molar-refractivity contribution in [2.24, 2.45) is 0 Å². The van der Waals surface area contributed by atoms with E-state index in [-0.39, 0.29) is 24.8 Å². The Morgan fingerprint density at radius 1 is 1.39 bits per heavy atom. The third-order valence-electron chi connectivity index (χ3n) is 2.29. The van der Waals surface area contributed by atoms with E-state index >= 15 is 0 Å². The molecule has 7 heteroatoms. The molecule has 4 nitrogen and oxygen atoms in total. The average molecular weight is 313 g/mol. The largest absolute Gasteiger partial charge is 0.383 e. The van der Waals surface area contributed by atoms with E-state index in [1.807, 2.05) is 18.2 Å². The lowest BCUT2D eigenvalue weighted by atomic mass is 10.3. The molecule has 0 saturated heterocycles. The number of hydrogen-bond acceptors (Lipinski definition) is 3. The minimum absolute atomic E-state index is 0. The zero-order chi connectivity index (χ0) is 11.4. The number of aromatic nitrogens is 2. The predicted octanol–water partition coefficient (Wildman–Crippen LogP) is 2.80. The number of ether oxygens (including phenoxy) is 1. The van der Waals surface area contributed by atoms with Gasteiger partial charge in [0.15, 0.2) is 0 Å². The van der Waals surface area contributed by atoms with E-state index in [4.69, 9.17) is 16.3 Å². The number of rotatable bonds is 5. The van der Waals surface area contributed by atoms with Crippen LogP contribution in [0, 0.1) is 0 Å². The summed E-state index contributed by atoms with van der Waals surface area (Å²) in [5, 5.41) is 3.90. The molecule has 0 fully saturated rings. The fourth-order valence-corrected chi connectivity index (χ4v) is 1.73. The molecule has 0 unspecified atom stereocenters. The molecule has 1 aromatic heterocycles. The van der Waals surface area contributed by atoms with Gasteiger partial charge in [-0.25, -0.2) is 4.98 Å². The second kappa shape index (κ2) is 8.56. The molecular formula is C11H16Cl3N3O. The molecule has 18 heavy (non-hydrogen) atoms. The minimum atomic E-state index is 0. The standard InChI is InChI=1S/C11H14ClN3O.2ClH/c1-16-6-5-13-7-10-14-9-4-2-3-8(12)11(9)15-10;;/h2-4,13H,5-7H2,1H3,(H,14,15);2*1H. The zero-order valence-electron chi connectivity index (χ0n) is 9.90. The highest BCUT2D eigenvalue weighted by molar-refractivity contribution is 6.34. The van der Waals surface area contributed by atoms with Gasteiger partial charge in [-0.1, -0.05) is 17.7 Å². The van der Waals surface area contributed by atoms with Crippen molar-refractivity contribution in [1.82, 2.24) is 15.3 Å². The predicted molar refractivity (Wildman–Crippen MR) is 79.2 cm³/mol. The van der Waals surface area contributed by atoms with E-state index in [1.165, 1.54) is 0 Å². The molecule has 0 atom stereocenters. The third kappa shape index (κ3) is 4.30.